The van der Waals surface area contributed by atoms with Crippen molar-refractivity contribution >= 4 is 51.4 Å². The van der Waals surface area contributed by atoms with Gasteiger partial charge in [-0.05, 0) is 19.4 Å². The predicted molar refractivity (Wildman–Crippen MR) is 103 cm³/mol. The first kappa shape index (κ1) is 17.2. The molecule has 0 radical (unpaired) electrons. The molecule has 3 rings (SSSR count). The summed E-state index contributed by atoms with van der Waals surface area (Å²) in [7, 11) is 0. The van der Waals surface area contributed by atoms with Crippen molar-refractivity contribution in [2.75, 3.05) is 18.0 Å². The molecular formula is C18H20N2O2S2. The van der Waals surface area contributed by atoms with Crippen LogP contribution < -0.4 is 4.90 Å². The molecule has 1 aromatic rings. The van der Waals surface area contributed by atoms with Gasteiger partial charge in [-0.3, -0.25) is 14.5 Å². The van der Waals surface area contributed by atoms with E-state index in [0.29, 0.717) is 27.9 Å². The Kier molecular flexibility index (Phi) is 5.06. The molecule has 2 amide bonds. The second-order valence-corrected chi connectivity index (χ2v) is 7.45. The Labute approximate surface area is 151 Å². The second kappa shape index (κ2) is 7.07. The van der Waals surface area contributed by atoms with Gasteiger partial charge in [-0.25, -0.2) is 0 Å². The summed E-state index contributed by atoms with van der Waals surface area (Å²) in [5.74, 6) is -0.232. The van der Waals surface area contributed by atoms with Crippen molar-refractivity contribution in [2.24, 2.45) is 0 Å². The van der Waals surface area contributed by atoms with Crippen LogP contribution in [0.25, 0.3) is 5.57 Å². The molecule has 0 unspecified atom stereocenters. The molecule has 0 bridgehead atoms. The maximum absolute atomic E-state index is 12.8. The fraction of sp³-hybridized carbons (Fsp3) is 0.389. The molecule has 0 saturated carbocycles. The van der Waals surface area contributed by atoms with Gasteiger partial charge in [0.05, 0.1) is 16.2 Å². The number of hydrogen-bond donors (Lipinski definition) is 0. The molecule has 1 aromatic carbocycles. The topological polar surface area (TPSA) is 40.6 Å². The number of anilines is 1. The minimum atomic E-state index is -0.128. The molecule has 24 heavy (non-hydrogen) atoms. The fourth-order valence-electron chi connectivity index (χ4n) is 3.08. The van der Waals surface area contributed by atoms with Crippen LogP contribution in [0.15, 0.2) is 29.2 Å². The molecule has 0 aliphatic carbocycles. The maximum atomic E-state index is 12.8. The summed E-state index contributed by atoms with van der Waals surface area (Å²) in [6.07, 6.45) is 3.08. The number of rotatable bonds is 5. The maximum Gasteiger partial charge on any atom is 0.267 e. The van der Waals surface area contributed by atoms with E-state index >= 15 is 0 Å². The summed E-state index contributed by atoms with van der Waals surface area (Å²) in [5, 5.41) is 0. The number of thioether (sulfide) groups is 1. The highest BCUT2D eigenvalue weighted by Crippen LogP contribution is 2.44. The lowest BCUT2D eigenvalue weighted by molar-refractivity contribution is -0.122. The number of benzene rings is 1. The molecule has 0 spiro atoms. The Morgan fingerprint density at radius 2 is 1.79 bits per heavy atom. The highest BCUT2D eigenvalue weighted by atomic mass is 32.2. The monoisotopic (exact) mass is 360 g/mol. The highest BCUT2D eigenvalue weighted by molar-refractivity contribution is 8.26. The smallest absolute Gasteiger partial charge is 0.267 e. The van der Waals surface area contributed by atoms with Gasteiger partial charge in [-0.15, -0.1) is 0 Å². The van der Waals surface area contributed by atoms with Gasteiger partial charge in [-0.2, -0.15) is 0 Å². The minimum absolute atomic E-state index is 0.104. The van der Waals surface area contributed by atoms with Crippen molar-refractivity contribution < 1.29 is 9.59 Å². The number of nitrogens with zero attached hydrogens (tertiary/aromatic N) is 2. The van der Waals surface area contributed by atoms with Crippen molar-refractivity contribution in [2.45, 2.75) is 33.1 Å². The Bertz CT molecular complexity index is 742. The van der Waals surface area contributed by atoms with Crippen molar-refractivity contribution in [1.29, 1.82) is 0 Å². The zero-order valence-corrected chi connectivity index (χ0v) is 15.5. The van der Waals surface area contributed by atoms with Gasteiger partial charge >= 0.3 is 0 Å². The largest absolute Gasteiger partial charge is 0.308 e. The summed E-state index contributed by atoms with van der Waals surface area (Å²) >= 11 is 6.64. The van der Waals surface area contributed by atoms with Crippen molar-refractivity contribution in [1.82, 2.24) is 4.90 Å². The van der Waals surface area contributed by atoms with Crippen molar-refractivity contribution in [3.8, 4) is 0 Å². The van der Waals surface area contributed by atoms with Crippen LogP contribution in [0.2, 0.25) is 0 Å². The normalized spacial score (nSPS) is 20.3. The summed E-state index contributed by atoms with van der Waals surface area (Å²) in [6.45, 7) is 5.27. The summed E-state index contributed by atoms with van der Waals surface area (Å²) in [4.78, 5) is 29.5. The lowest BCUT2D eigenvalue weighted by Crippen LogP contribution is -2.30. The molecule has 1 saturated heterocycles. The molecule has 2 aliphatic rings. The lowest BCUT2D eigenvalue weighted by Gasteiger charge is -2.14. The number of amides is 2. The van der Waals surface area contributed by atoms with E-state index in [2.05, 4.69) is 6.92 Å². The molecular weight excluding hydrogens is 340 g/mol. The van der Waals surface area contributed by atoms with Crippen LogP contribution in [0.5, 0.6) is 0 Å². The van der Waals surface area contributed by atoms with Crippen LogP contribution in [0, 0.1) is 0 Å². The molecule has 1 fully saturated rings. The third-order valence-electron chi connectivity index (χ3n) is 4.30. The predicted octanol–water partition coefficient (Wildman–Crippen LogP) is 3.81. The Morgan fingerprint density at radius 3 is 2.50 bits per heavy atom. The quantitative estimate of drug-likeness (QED) is 0.455. The van der Waals surface area contributed by atoms with E-state index < -0.39 is 0 Å². The van der Waals surface area contributed by atoms with Gasteiger partial charge in [0.2, 0.25) is 0 Å². The molecule has 0 N–H and O–H groups in total. The van der Waals surface area contributed by atoms with Gasteiger partial charge < -0.3 is 4.90 Å². The number of thiocarbonyl (C=S) groups is 1. The zero-order chi connectivity index (χ0) is 17.3. The average Bonchev–Trinajstić information content (AvgIpc) is 3.01. The van der Waals surface area contributed by atoms with Crippen LogP contribution in [-0.2, 0) is 9.59 Å². The van der Waals surface area contributed by atoms with Crippen LogP contribution in [0.1, 0.15) is 38.7 Å². The van der Waals surface area contributed by atoms with Gasteiger partial charge in [-0.1, -0.05) is 61.9 Å². The molecule has 2 heterocycles. The lowest BCUT2D eigenvalue weighted by atomic mass is 10.1. The van der Waals surface area contributed by atoms with Gasteiger partial charge in [0.25, 0.3) is 11.8 Å². The van der Waals surface area contributed by atoms with Crippen molar-refractivity contribution in [3.05, 3.63) is 34.7 Å². The SMILES string of the molecule is CCCCCN1C(=O)/C(=C2/C(=O)N(CC)c3ccccc32)SC1=S. The molecule has 0 atom stereocenters. The Hall–Kier alpha value is -1.66. The van der Waals surface area contributed by atoms with Gasteiger partial charge in [0.15, 0.2) is 0 Å². The molecule has 126 valence electrons. The van der Waals surface area contributed by atoms with Crippen LogP contribution in [0.4, 0.5) is 5.69 Å². The summed E-state index contributed by atoms with van der Waals surface area (Å²) in [5.41, 5.74) is 2.21. The number of carbonyl (C=O) groups is 2. The first-order valence-corrected chi connectivity index (χ1v) is 9.51. The van der Waals surface area contributed by atoms with Crippen LogP contribution in [-0.4, -0.2) is 34.1 Å². The van der Waals surface area contributed by atoms with E-state index in [0.717, 1.165) is 30.5 Å². The first-order chi connectivity index (χ1) is 11.6. The van der Waals surface area contributed by atoms with E-state index in [1.54, 1.807) is 9.80 Å². The van der Waals surface area contributed by atoms with Crippen LogP contribution >= 0.6 is 24.0 Å². The van der Waals surface area contributed by atoms with E-state index in [1.165, 1.54) is 11.8 Å². The zero-order valence-electron chi connectivity index (χ0n) is 13.9. The minimum Gasteiger partial charge on any atom is -0.308 e. The molecule has 0 aromatic heterocycles. The highest BCUT2D eigenvalue weighted by Gasteiger charge is 2.41. The standard InChI is InChI=1S/C18H20N2O2S2/c1-3-5-8-11-20-17(22)15(24-18(20)23)14-12-9-6-7-10-13(12)19(4-2)16(14)21/h6-7,9-10H,3-5,8,11H2,1-2H3/b15-14-. The molecule has 4 nitrogen and oxygen atoms in total. The first-order valence-electron chi connectivity index (χ1n) is 8.29. The number of carbonyl (C=O) groups excluding carboxylic acids is 2. The number of para-hydroxylation sites is 1. The second-order valence-electron chi connectivity index (χ2n) is 5.80. The van der Waals surface area contributed by atoms with Gasteiger partial charge in [0.1, 0.15) is 4.32 Å². The number of fused-ring (bicyclic) bond motifs is 1. The number of unbranched alkanes of at least 4 members (excludes halogenated alkanes) is 2. The number of hydrogen-bond acceptors (Lipinski definition) is 4. The number of likely N-dealkylation sites (N-methyl/N-ethyl adjacent to an activating group) is 1. The van der Waals surface area contributed by atoms with E-state index in [4.69, 9.17) is 12.2 Å². The Morgan fingerprint density at radius 1 is 1.04 bits per heavy atom. The third kappa shape index (κ3) is 2.78. The van der Waals surface area contributed by atoms with E-state index in [9.17, 15) is 9.59 Å². The van der Waals surface area contributed by atoms with Gasteiger partial charge in [0, 0.05) is 18.7 Å². The summed E-state index contributed by atoms with van der Waals surface area (Å²) in [6, 6.07) is 7.63. The average molecular weight is 361 g/mol. The Balaban J connectivity index is 1.99. The molecule has 2 aliphatic heterocycles. The molecule has 6 heteroatoms. The van der Waals surface area contributed by atoms with E-state index in [1.807, 2.05) is 31.2 Å². The third-order valence-corrected chi connectivity index (χ3v) is 5.75. The fourth-order valence-corrected chi connectivity index (χ4v) is 4.46. The summed E-state index contributed by atoms with van der Waals surface area (Å²) < 4.78 is 0.554. The van der Waals surface area contributed by atoms with Crippen molar-refractivity contribution in [3.63, 3.8) is 0 Å². The van der Waals surface area contributed by atoms with Crippen LogP contribution in [0.3, 0.4) is 0 Å². The van der Waals surface area contributed by atoms with E-state index in [-0.39, 0.29) is 11.8 Å².